The summed E-state index contributed by atoms with van der Waals surface area (Å²) < 4.78 is 3.62. The molecule has 1 N–H and O–H groups in total. The Hall–Kier alpha value is -2.70. The summed E-state index contributed by atoms with van der Waals surface area (Å²) in [6.45, 7) is 2.08. The van der Waals surface area contributed by atoms with Crippen molar-refractivity contribution in [3.05, 3.63) is 48.8 Å². The van der Waals surface area contributed by atoms with Gasteiger partial charge in [0.25, 0.3) is 0 Å². The Morgan fingerprint density at radius 2 is 2.00 bits per heavy atom. The fourth-order valence-corrected chi connectivity index (χ4v) is 2.10. The normalized spacial score (nSPS) is 12.3. The van der Waals surface area contributed by atoms with Gasteiger partial charge in [-0.3, -0.25) is 0 Å². The molecule has 2 aromatic heterocycles. The van der Waals surface area contributed by atoms with E-state index < -0.39 is 0 Å². The lowest BCUT2D eigenvalue weighted by atomic mass is 10.2. The van der Waals surface area contributed by atoms with Crippen molar-refractivity contribution in [1.82, 2.24) is 29.8 Å². The summed E-state index contributed by atoms with van der Waals surface area (Å²) in [5.74, 6) is 0.995. The van der Waals surface area contributed by atoms with Gasteiger partial charge in [0.15, 0.2) is 0 Å². The molecule has 0 fully saturated rings. The number of hydrogen-bond acceptors (Lipinski definition) is 5. The van der Waals surface area contributed by atoms with Crippen molar-refractivity contribution in [1.29, 1.82) is 0 Å². The van der Waals surface area contributed by atoms with Crippen LogP contribution in [-0.4, -0.2) is 29.8 Å². The van der Waals surface area contributed by atoms with Crippen LogP contribution in [0.1, 0.15) is 18.8 Å². The first kappa shape index (κ1) is 12.3. The van der Waals surface area contributed by atoms with Crippen LogP contribution in [0.5, 0.6) is 0 Å². The molecule has 1 aromatic carbocycles. The average Bonchev–Trinajstić information content (AvgIpc) is 3.10. The molecular weight excluding hydrogens is 254 g/mol. The number of tetrazole rings is 1. The van der Waals surface area contributed by atoms with Crippen molar-refractivity contribution in [2.45, 2.75) is 13.0 Å². The van der Waals surface area contributed by atoms with Crippen molar-refractivity contribution in [2.24, 2.45) is 7.05 Å². The average molecular weight is 269 g/mol. The highest BCUT2D eigenvalue weighted by Crippen LogP contribution is 2.18. The topological polar surface area (TPSA) is 73.5 Å². The minimum Gasteiger partial charge on any atom is -0.375 e. The number of nitrogens with zero attached hydrogens (tertiary/aromatic N) is 6. The molecule has 0 saturated heterocycles. The summed E-state index contributed by atoms with van der Waals surface area (Å²) in [4.78, 5) is 4.34. The van der Waals surface area contributed by atoms with Crippen LogP contribution in [0, 0.1) is 0 Å². The largest absolute Gasteiger partial charge is 0.375 e. The predicted molar refractivity (Wildman–Crippen MR) is 74.4 cm³/mol. The van der Waals surface area contributed by atoms with Gasteiger partial charge in [0, 0.05) is 25.1 Å². The highest BCUT2D eigenvalue weighted by molar-refractivity contribution is 5.49. The SMILES string of the molecule is CC(Nc1ccc(-n2cnnn2)cc1)c1nccn1C. The molecule has 0 spiro atoms. The lowest BCUT2D eigenvalue weighted by molar-refractivity contribution is 0.721. The predicted octanol–water partition coefficient (Wildman–Crippen LogP) is 1.57. The fourth-order valence-electron chi connectivity index (χ4n) is 2.10. The van der Waals surface area contributed by atoms with E-state index in [9.17, 15) is 0 Å². The fraction of sp³-hybridized carbons (Fsp3) is 0.231. The molecular formula is C13H15N7. The van der Waals surface area contributed by atoms with Crippen molar-refractivity contribution in [3.63, 3.8) is 0 Å². The third-order valence-corrected chi connectivity index (χ3v) is 3.11. The molecule has 3 aromatic rings. The standard InChI is InChI=1S/C13H15N7/c1-10(13-14-7-8-19(13)2)16-11-3-5-12(6-4-11)20-9-15-17-18-20/h3-10,16H,1-2H3. The van der Waals surface area contributed by atoms with Gasteiger partial charge in [0.1, 0.15) is 12.2 Å². The lowest BCUT2D eigenvalue weighted by Gasteiger charge is -2.15. The zero-order valence-corrected chi connectivity index (χ0v) is 11.3. The van der Waals surface area contributed by atoms with E-state index in [1.54, 1.807) is 17.2 Å². The van der Waals surface area contributed by atoms with Crippen molar-refractivity contribution in [2.75, 3.05) is 5.32 Å². The first-order valence-electron chi connectivity index (χ1n) is 6.31. The molecule has 3 rings (SSSR count). The minimum absolute atomic E-state index is 0.133. The number of benzene rings is 1. The van der Waals surface area contributed by atoms with E-state index in [0.29, 0.717) is 0 Å². The van der Waals surface area contributed by atoms with E-state index in [0.717, 1.165) is 17.2 Å². The molecule has 20 heavy (non-hydrogen) atoms. The molecule has 1 atom stereocenters. The van der Waals surface area contributed by atoms with E-state index in [-0.39, 0.29) is 6.04 Å². The van der Waals surface area contributed by atoms with Gasteiger partial charge in [-0.25, -0.2) is 9.67 Å². The molecule has 7 heteroatoms. The maximum atomic E-state index is 4.34. The maximum Gasteiger partial charge on any atom is 0.143 e. The third kappa shape index (κ3) is 2.37. The summed E-state index contributed by atoms with van der Waals surface area (Å²) in [6.07, 6.45) is 5.31. The summed E-state index contributed by atoms with van der Waals surface area (Å²) in [5, 5.41) is 14.5. The number of imidazole rings is 1. The number of aryl methyl sites for hydroxylation is 1. The molecule has 102 valence electrons. The summed E-state index contributed by atoms with van der Waals surface area (Å²) in [5.41, 5.74) is 1.95. The number of anilines is 1. The van der Waals surface area contributed by atoms with E-state index >= 15 is 0 Å². The molecule has 0 bridgehead atoms. The molecule has 0 aliphatic rings. The first-order chi connectivity index (χ1) is 9.74. The van der Waals surface area contributed by atoms with Gasteiger partial charge in [-0.1, -0.05) is 0 Å². The second-order valence-corrected chi connectivity index (χ2v) is 4.56. The van der Waals surface area contributed by atoms with Gasteiger partial charge < -0.3 is 9.88 Å². The van der Waals surface area contributed by atoms with Crippen LogP contribution < -0.4 is 5.32 Å². The molecule has 2 heterocycles. The summed E-state index contributed by atoms with van der Waals surface area (Å²) in [6, 6.07) is 8.05. The van der Waals surface area contributed by atoms with Crippen LogP contribution in [0.2, 0.25) is 0 Å². The van der Waals surface area contributed by atoms with Crippen LogP contribution in [0.15, 0.2) is 43.0 Å². The van der Waals surface area contributed by atoms with Crippen LogP contribution >= 0.6 is 0 Å². The van der Waals surface area contributed by atoms with Gasteiger partial charge >= 0.3 is 0 Å². The second kappa shape index (κ2) is 5.12. The van der Waals surface area contributed by atoms with Gasteiger partial charge in [-0.05, 0) is 41.6 Å². The van der Waals surface area contributed by atoms with E-state index in [2.05, 4.69) is 32.7 Å². The Kier molecular flexibility index (Phi) is 3.16. The number of rotatable bonds is 4. The lowest BCUT2D eigenvalue weighted by Crippen LogP contribution is -2.11. The molecule has 0 amide bonds. The second-order valence-electron chi connectivity index (χ2n) is 4.56. The maximum absolute atomic E-state index is 4.34. The van der Waals surface area contributed by atoms with E-state index in [1.807, 2.05) is 42.1 Å². The van der Waals surface area contributed by atoms with Gasteiger partial charge in [0.2, 0.25) is 0 Å². The monoisotopic (exact) mass is 269 g/mol. The Morgan fingerprint density at radius 3 is 2.60 bits per heavy atom. The zero-order valence-electron chi connectivity index (χ0n) is 11.3. The first-order valence-corrected chi connectivity index (χ1v) is 6.31. The molecule has 1 unspecified atom stereocenters. The molecule has 7 nitrogen and oxygen atoms in total. The Balaban J connectivity index is 1.74. The zero-order chi connectivity index (χ0) is 13.9. The van der Waals surface area contributed by atoms with E-state index in [1.165, 1.54) is 0 Å². The van der Waals surface area contributed by atoms with Gasteiger partial charge in [-0.2, -0.15) is 0 Å². The highest BCUT2D eigenvalue weighted by Gasteiger charge is 2.09. The van der Waals surface area contributed by atoms with Crippen LogP contribution in [0.3, 0.4) is 0 Å². The van der Waals surface area contributed by atoms with Crippen molar-refractivity contribution < 1.29 is 0 Å². The number of aromatic nitrogens is 6. The Morgan fingerprint density at radius 1 is 1.20 bits per heavy atom. The molecule has 0 aliphatic carbocycles. The molecule has 0 aliphatic heterocycles. The molecule has 0 saturated carbocycles. The quantitative estimate of drug-likeness (QED) is 0.778. The Bertz CT molecular complexity index is 669. The van der Waals surface area contributed by atoms with Gasteiger partial charge in [-0.15, -0.1) is 5.10 Å². The van der Waals surface area contributed by atoms with Gasteiger partial charge in [0.05, 0.1) is 11.7 Å². The Labute approximate surface area is 116 Å². The van der Waals surface area contributed by atoms with Crippen LogP contribution in [0.4, 0.5) is 5.69 Å². The number of nitrogens with one attached hydrogen (secondary N) is 1. The smallest absolute Gasteiger partial charge is 0.143 e. The third-order valence-electron chi connectivity index (χ3n) is 3.11. The number of hydrogen-bond donors (Lipinski definition) is 1. The summed E-state index contributed by atoms with van der Waals surface area (Å²) >= 11 is 0. The van der Waals surface area contributed by atoms with Crippen molar-refractivity contribution >= 4 is 5.69 Å². The highest BCUT2D eigenvalue weighted by atomic mass is 15.5. The van der Waals surface area contributed by atoms with E-state index in [4.69, 9.17) is 0 Å². The van der Waals surface area contributed by atoms with Crippen molar-refractivity contribution in [3.8, 4) is 5.69 Å². The molecule has 0 radical (unpaired) electrons. The van der Waals surface area contributed by atoms with Crippen LogP contribution in [0.25, 0.3) is 5.69 Å². The minimum atomic E-state index is 0.133. The summed E-state index contributed by atoms with van der Waals surface area (Å²) in [7, 11) is 1.99. The van der Waals surface area contributed by atoms with Crippen LogP contribution in [-0.2, 0) is 7.05 Å².